The van der Waals surface area contributed by atoms with Crippen LogP contribution in [0.5, 0.6) is 0 Å². The number of ether oxygens (including phenoxy) is 1. The van der Waals surface area contributed by atoms with E-state index in [-0.39, 0.29) is 30.9 Å². The van der Waals surface area contributed by atoms with Crippen LogP contribution >= 0.6 is 11.6 Å². The maximum absolute atomic E-state index is 11.8. The van der Waals surface area contributed by atoms with E-state index in [1.54, 1.807) is 24.6 Å². The Morgan fingerprint density at radius 1 is 1.42 bits per heavy atom. The number of unbranched alkanes of at least 4 members (excludes halogenated alkanes) is 1. The predicted octanol–water partition coefficient (Wildman–Crippen LogP) is 3.12. The van der Waals surface area contributed by atoms with Crippen molar-refractivity contribution in [3.8, 4) is 0 Å². The number of nitrogens with one attached hydrogen (secondary N) is 1. The second-order valence-electron chi connectivity index (χ2n) is 5.78. The molecule has 24 heavy (non-hydrogen) atoms. The highest BCUT2D eigenvalue weighted by atomic mass is 35.5. The van der Waals surface area contributed by atoms with Gasteiger partial charge in [-0.1, -0.05) is 24.9 Å². The van der Waals surface area contributed by atoms with Gasteiger partial charge in [-0.3, -0.25) is 14.3 Å². The van der Waals surface area contributed by atoms with Gasteiger partial charge in [0.2, 0.25) is 5.91 Å². The van der Waals surface area contributed by atoms with Crippen LogP contribution in [0.3, 0.4) is 0 Å². The number of hydrogen-bond acceptors (Lipinski definition) is 4. The molecule has 0 atom stereocenters. The van der Waals surface area contributed by atoms with E-state index in [2.05, 4.69) is 17.3 Å². The lowest BCUT2D eigenvalue weighted by Crippen LogP contribution is -2.25. The van der Waals surface area contributed by atoms with E-state index in [4.69, 9.17) is 16.3 Å². The molecule has 134 valence electrons. The van der Waals surface area contributed by atoms with Crippen molar-refractivity contribution in [2.45, 2.75) is 59.6 Å². The lowest BCUT2D eigenvalue weighted by atomic mass is 10.2. The maximum atomic E-state index is 11.8. The first-order chi connectivity index (χ1) is 11.3. The van der Waals surface area contributed by atoms with Gasteiger partial charge in [-0.2, -0.15) is 5.10 Å². The van der Waals surface area contributed by atoms with Gasteiger partial charge in [-0.05, 0) is 33.3 Å². The molecule has 0 aliphatic carbocycles. The summed E-state index contributed by atoms with van der Waals surface area (Å²) in [5.41, 5.74) is 1.52. The van der Waals surface area contributed by atoms with Crippen molar-refractivity contribution in [1.82, 2.24) is 15.1 Å². The zero-order chi connectivity index (χ0) is 18.1. The normalized spacial score (nSPS) is 11.2. The highest BCUT2D eigenvalue weighted by Gasteiger charge is 2.11. The fraction of sp³-hybridized carbons (Fsp3) is 0.588. The molecule has 0 aromatic carbocycles. The summed E-state index contributed by atoms with van der Waals surface area (Å²) in [6.07, 6.45) is 5.09. The first kappa shape index (κ1) is 20.2. The van der Waals surface area contributed by atoms with Gasteiger partial charge in [0.05, 0.1) is 18.2 Å². The molecule has 1 aromatic rings. The van der Waals surface area contributed by atoms with E-state index in [0.717, 1.165) is 30.6 Å². The van der Waals surface area contributed by atoms with E-state index in [1.807, 2.05) is 6.92 Å². The third-order valence-corrected chi connectivity index (χ3v) is 3.63. The summed E-state index contributed by atoms with van der Waals surface area (Å²) in [6, 6.07) is 0. The van der Waals surface area contributed by atoms with E-state index in [9.17, 15) is 9.59 Å². The third kappa shape index (κ3) is 6.74. The molecule has 1 rings (SSSR count). The summed E-state index contributed by atoms with van der Waals surface area (Å²) in [7, 11) is 0. The van der Waals surface area contributed by atoms with Crippen LogP contribution in [0.15, 0.2) is 6.08 Å². The van der Waals surface area contributed by atoms with Gasteiger partial charge in [-0.25, -0.2) is 0 Å². The summed E-state index contributed by atoms with van der Waals surface area (Å²) in [5, 5.41) is 7.55. The Balaban J connectivity index is 2.52. The number of esters is 1. The Morgan fingerprint density at radius 2 is 2.12 bits per heavy atom. The molecule has 0 aliphatic rings. The Morgan fingerprint density at radius 3 is 2.75 bits per heavy atom. The fourth-order valence-electron chi connectivity index (χ4n) is 2.04. The number of amides is 1. The molecule has 0 radical (unpaired) electrons. The van der Waals surface area contributed by atoms with Crippen molar-refractivity contribution in [2.24, 2.45) is 0 Å². The molecule has 0 saturated heterocycles. The zero-order valence-electron chi connectivity index (χ0n) is 14.8. The quantitative estimate of drug-likeness (QED) is 0.545. The largest absolute Gasteiger partial charge is 0.463 e. The van der Waals surface area contributed by atoms with Crippen molar-refractivity contribution in [1.29, 1.82) is 0 Å². The summed E-state index contributed by atoms with van der Waals surface area (Å²) in [5.74, 6) is -0.616. The fourth-order valence-corrected chi connectivity index (χ4v) is 2.36. The molecular formula is C17H26ClN3O3. The van der Waals surface area contributed by atoms with Crippen molar-refractivity contribution in [3.05, 3.63) is 22.5 Å². The van der Waals surface area contributed by atoms with Gasteiger partial charge >= 0.3 is 5.97 Å². The number of carbonyl (C=O) groups is 2. The van der Waals surface area contributed by atoms with Crippen molar-refractivity contribution >= 4 is 29.6 Å². The van der Waals surface area contributed by atoms with Crippen molar-refractivity contribution in [3.63, 3.8) is 0 Å². The first-order valence-corrected chi connectivity index (χ1v) is 8.61. The summed E-state index contributed by atoms with van der Waals surface area (Å²) >= 11 is 6.30. The molecule has 0 fully saturated rings. The highest BCUT2D eigenvalue weighted by molar-refractivity contribution is 6.31. The Bertz CT molecular complexity index is 594. The van der Waals surface area contributed by atoms with Crippen LogP contribution in [0.25, 0.3) is 6.08 Å². The smallest absolute Gasteiger partial charge is 0.307 e. The lowest BCUT2D eigenvalue weighted by Gasteiger charge is -2.07. The molecule has 7 heteroatoms. The SMILES string of the molecule is CCCCn1nc(C)c(/C=C/C(=O)NCCC(=O)OC(C)C)c1Cl. The molecular weight excluding hydrogens is 330 g/mol. The second kappa shape index (κ2) is 10.1. The highest BCUT2D eigenvalue weighted by Crippen LogP contribution is 2.21. The molecule has 0 bridgehead atoms. The molecule has 1 heterocycles. The van der Waals surface area contributed by atoms with Crippen LogP contribution in [0.4, 0.5) is 0 Å². The number of aryl methyl sites for hydroxylation is 2. The van der Waals surface area contributed by atoms with Crippen LogP contribution in [-0.2, 0) is 20.9 Å². The average molecular weight is 356 g/mol. The van der Waals surface area contributed by atoms with Gasteiger partial charge in [0.15, 0.2) is 0 Å². The zero-order valence-corrected chi connectivity index (χ0v) is 15.5. The van der Waals surface area contributed by atoms with Crippen LogP contribution in [0.2, 0.25) is 5.15 Å². The van der Waals surface area contributed by atoms with E-state index in [0.29, 0.717) is 5.15 Å². The summed E-state index contributed by atoms with van der Waals surface area (Å²) < 4.78 is 6.74. The number of carbonyl (C=O) groups excluding carboxylic acids is 2. The van der Waals surface area contributed by atoms with Gasteiger partial charge in [0.1, 0.15) is 5.15 Å². The van der Waals surface area contributed by atoms with Gasteiger partial charge in [-0.15, -0.1) is 0 Å². The Hall–Kier alpha value is -1.82. The average Bonchev–Trinajstić information content (AvgIpc) is 2.76. The molecule has 0 unspecified atom stereocenters. The van der Waals surface area contributed by atoms with E-state index < -0.39 is 0 Å². The Labute approximate surface area is 148 Å². The molecule has 1 N–H and O–H groups in total. The van der Waals surface area contributed by atoms with Gasteiger partial charge in [0, 0.05) is 24.7 Å². The van der Waals surface area contributed by atoms with E-state index >= 15 is 0 Å². The van der Waals surface area contributed by atoms with Crippen molar-refractivity contribution in [2.75, 3.05) is 6.54 Å². The minimum Gasteiger partial charge on any atom is -0.463 e. The molecule has 1 aromatic heterocycles. The van der Waals surface area contributed by atoms with Crippen LogP contribution in [-0.4, -0.2) is 34.3 Å². The number of aromatic nitrogens is 2. The number of hydrogen-bond donors (Lipinski definition) is 1. The van der Waals surface area contributed by atoms with Crippen molar-refractivity contribution < 1.29 is 14.3 Å². The Kier molecular flexibility index (Phi) is 8.54. The van der Waals surface area contributed by atoms with Gasteiger partial charge < -0.3 is 10.1 Å². The molecule has 1 amide bonds. The monoisotopic (exact) mass is 355 g/mol. The maximum Gasteiger partial charge on any atom is 0.307 e. The summed E-state index contributed by atoms with van der Waals surface area (Å²) in [4.78, 5) is 23.2. The summed E-state index contributed by atoms with van der Waals surface area (Å²) in [6.45, 7) is 8.52. The number of halogens is 1. The van der Waals surface area contributed by atoms with E-state index in [1.165, 1.54) is 6.08 Å². The minimum atomic E-state index is -0.328. The minimum absolute atomic E-state index is 0.145. The second-order valence-corrected chi connectivity index (χ2v) is 6.14. The third-order valence-electron chi connectivity index (χ3n) is 3.23. The number of rotatable bonds is 9. The molecule has 0 aliphatic heterocycles. The standard InChI is InChI=1S/C17H26ClN3O3/c1-5-6-11-21-17(18)14(13(4)20-21)7-8-15(22)19-10-9-16(23)24-12(2)3/h7-8,12H,5-6,9-11H2,1-4H3,(H,19,22)/b8-7+. The van der Waals surface area contributed by atoms with Crippen LogP contribution in [0, 0.1) is 6.92 Å². The predicted molar refractivity (Wildman–Crippen MR) is 94.8 cm³/mol. The topological polar surface area (TPSA) is 73.2 Å². The molecule has 0 spiro atoms. The lowest BCUT2D eigenvalue weighted by molar-refractivity contribution is -0.147. The number of nitrogens with zero attached hydrogens (tertiary/aromatic N) is 2. The first-order valence-electron chi connectivity index (χ1n) is 8.23. The van der Waals surface area contributed by atoms with Gasteiger partial charge in [0.25, 0.3) is 0 Å². The molecule has 0 saturated carbocycles. The molecule has 6 nitrogen and oxygen atoms in total. The van der Waals surface area contributed by atoms with Crippen LogP contribution in [0.1, 0.15) is 51.3 Å². The van der Waals surface area contributed by atoms with Crippen LogP contribution < -0.4 is 5.32 Å².